The zero-order valence-corrected chi connectivity index (χ0v) is 24.5. The molecule has 43 heavy (non-hydrogen) atoms. The van der Waals surface area contributed by atoms with Gasteiger partial charge in [-0.2, -0.15) is 13.2 Å². The molecule has 15 heteroatoms. The fourth-order valence-electron chi connectivity index (χ4n) is 3.83. The summed E-state index contributed by atoms with van der Waals surface area (Å²) < 4.78 is 108. The average molecular weight is 656 g/mol. The minimum Gasteiger partial charge on any atom is -0.325 e. The molecule has 0 unspecified atom stereocenters. The van der Waals surface area contributed by atoms with Crippen molar-refractivity contribution in [3.05, 3.63) is 113 Å². The van der Waals surface area contributed by atoms with Crippen molar-refractivity contribution in [3.63, 3.8) is 0 Å². The number of nitrogens with one attached hydrogen (secondary N) is 2. The first-order valence-corrected chi connectivity index (χ1v) is 15.5. The van der Waals surface area contributed by atoms with E-state index in [0.717, 1.165) is 46.3 Å². The van der Waals surface area contributed by atoms with Crippen molar-refractivity contribution in [1.82, 2.24) is 0 Å². The number of benzene rings is 4. The SMILES string of the molecule is Cc1ccc(S(=O)(=O)N(CC(=O)Nc2ccc(S(=O)(=O)Nc3ccc(Cl)c(C(F)(F)F)c3)cc2)c2ccc(F)cc2)cc1. The predicted octanol–water partition coefficient (Wildman–Crippen LogP) is 6.44. The van der Waals surface area contributed by atoms with E-state index in [1.807, 2.05) is 4.72 Å². The van der Waals surface area contributed by atoms with Crippen LogP contribution in [0.3, 0.4) is 0 Å². The molecule has 0 aromatic heterocycles. The lowest BCUT2D eigenvalue weighted by Gasteiger charge is -2.24. The zero-order valence-electron chi connectivity index (χ0n) is 22.1. The molecule has 0 saturated carbocycles. The number of nitrogens with zero attached hydrogens (tertiary/aromatic N) is 1. The molecular formula is C28H22ClF4N3O5S2. The van der Waals surface area contributed by atoms with Crippen LogP contribution in [0.5, 0.6) is 0 Å². The number of halogens is 5. The number of sulfonamides is 2. The van der Waals surface area contributed by atoms with Gasteiger partial charge in [0.2, 0.25) is 5.91 Å². The Morgan fingerprint density at radius 1 is 0.814 bits per heavy atom. The first-order valence-electron chi connectivity index (χ1n) is 12.2. The average Bonchev–Trinajstić information content (AvgIpc) is 2.93. The number of amides is 1. The lowest BCUT2D eigenvalue weighted by molar-refractivity contribution is -0.137. The van der Waals surface area contributed by atoms with Crippen LogP contribution in [0.1, 0.15) is 11.1 Å². The van der Waals surface area contributed by atoms with Gasteiger partial charge in [0, 0.05) is 11.4 Å². The van der Waals surface area contributed by atoms with Gasteiger partial charge in [-0.15, -0.1) is 0 Å². The monoisotopic (exact) mass is 655 g/mol. The van der Waals surface area contributed by atoms with Crippen LogP contribution >= 0.6 is 11.6 Å². The van der Waals surface area contributed by atoms with Gasteiger partial charge in [0.25, 0.3) is 20.0 Å². The standard InChI is InChI=1S/C28H22ClF4N3O5S2/c1-18-2-11-24(12-3-18)43(40,41)36(22-9-4-19(30)5-10-22)17-27(37)34-20-6-13-23(14-7-20)42(38,39)35-21-8-15-26(29)25(16-21)28(31,32)33/h2-16,35H,17H2,1H3,(H,34,37). The first-order chi connectivity index (χ1) is 20.1. The summed E-state index contributed by atoms with van der Waals surface area (Å²) in [5, 5.41) is 1.87. The number of anilines is 3. The third-order valence-corrected chi connectivity index (χ3v) is 9.50. The van der Waals surface area contributed by atoms with E-state index < -0.39 is 55.1 Å². The van der Waals surface area contributed by atoms with Gasteiger partial charge in [0.05, 0.1) is 26.1 Å². The summed E-state index contributed by atoms with van der Waals surface area (Å²) in [6.07, 6.45) is -4.80. The van der Waals surface area contributed by atoms with Crippen molar-refractivity contribution in [2.75, 3.05) is 20.9 Å². The highest BCUT2D eigenvalue weighted by Gasteiger charge is 2.34. The molecule has 0 radical (unpaired) electrons. The van der Waals surface area contributed by atoms with E-state index >= 15 is 0 Å². The molecule has 4 aromatic rings. The molecule has 4 rings (SSSR count). The zero-order chi connectivity index (χ0) is 31.6. The van der Waals surface area contributed by atoms with E-state index in [-0.39, 0.29) is 26.9 Å². The minimum absolute atomic E-state index is 0.0283. The molecule has 8 nitrogen and oxygen atoms in total. The van der Waals surface area contributed by atoms with E-state index in [2.05, 4.69) is 5.32 Å². The first kappa shape index (κ1) is 31.8. The number of aryl methyl sites for hydroxylation is 1. The van der Waals surface area contributed by atoms with Gasteiger partial charge in [-0.3, -0.25) is 13.8 Å². The Bertz CT molecular complexity index is 1850. The topological polar surface area (TPSA) is 113 Å². The van der Waals surface area contributed by atoms with Crippen LogP contribution in [0.2, 0.25) is 5.02 Å². The number of hydrogen-bond acceptors (Lipinski definition) is 5. The summed E-state index contributed by atoms with van der Waals surface area (Å²) >= 11 is 5.58. The molecule has 0 spiro atoms. The van der Waals surface area contributed by atoms with Crippen LogP contribution in [-0.2, 0) is 31.0 Å². The summed E-state index contributed by atoms with van der Waals surface area (Å²) in [6, 6.07) is 17.6. The second-order valence-corrected chi connectivity index (χ2v) is 13.1. The maximum Gasteiger partial charge on any atom is 0.417 e. The van der Waals surface area contributed by atoms with Gasteiger partial charge < -0.3 is 5.32 Å². The van der Waals surface area contributed by atoms with Crippen LogP contribution in [0.4, 0.5) is 34.6 Å². The Labute approximate surface area is 250 Å². The third-order valence-electron chi connectivity index (χ3n) is 5.98. The fraction of sp³-hybridized carbons (Fsp3) is 0.107. The summed E-state index contributed by atoms with van der Waals surface area (Å²) in [5.41, 5.74) is -0.650. The smallest absolute Gasteiger partial charge is 0.325 e. The van der Waals surface area contributed by atoms with E-state index in [1.165, 1.54) is 36.4 Å². The van der Waals surface area contributed by atoms with Crippen LogP contribution in [0, 0.1) is 12.7 Å². The molecule has 0 aliphatic heterocycles. The van der Waals surface area contributed by atoms with Gasteiger partial charge in [-0.25, -0.2) is 21.2 Å². The van der Waals surface area contributed by atoms with Crippen molar-refractivity contribution < 1.29 is 39.2 Å². The normalized spacial score (nSPS) is 12.0. The predicted molar refractivity (Wildman–Crippen MR) is 154 cm³/mol. The number of alkyl halides is 3. The van der Waals surface area contributed by atoms with Crippen molar-refractivity contribution in [2.45, 2.75) is 22.9 Å². The Morgan fingerprint density at radius 3 is 1.95 bits per heavy atom. The summed E-state index contributed by atoms with van der Waals surface area (Å²) in [5.74, 6) is -1.41. The Balaban J connectivity index is 1.52. The highest BCUT2D eigenvalue weighted by atomic mass is 35.5. The van der Waals surface area contributed by atoms with Gasteiger partial charge in [0.15, 0.2) is 0 Å². The maximum absolute atomic E-state index is 13.5. The Hall–Kier alpha value is -4.14. The molecular weight excluding hydrogens is 634 g/mol. The highest BCUT2D eigenvalue weighted by Crippen LogP contribution is 2.36. The lowest BCUT2D eigenvalue weighted by atomic mass is 10.2. The summed E-state index contributed by atoms with van der Waals surface area (Å²) in [4.78, 5) is 12.5. The van der Waals surface area contributed by atoms with E-state index in [0.29, 0.717) is 6.07 Å². The number of hydrogen-bond donors (Lipinski definition) is 2. The van der Waals surface area contributed by atoms with Crippen molar-refractivity contribution in [2.24, 2.45) is 0 Å². The molecule has 226 valence electrons. The molecule has 0 saturated heterocycles. The Morgan fingerprint density at radius 2 is 1.37 bits per heavy atom. The second kappa shape index (κ2) is 12.2. The van der Waals surface area contributed by atoms with Crippen molar-refractivity contribution in [3.8, 4) is 0 Å². The molecule has 4 aromatic carbocycles. The van der Waals surface area contributed by atoms with Crippen LogP contribution in [-0.4, -0.2) is 29.3 Å². The Kier molecular flexibility index (Phi) is 9.04. The van der Waals surface area contributed by atoms with Crippen LogP contribution < -0.4 is 14.3 Å². The lowest BCUT2D eigenvalue weighted by Crippen LogP contribution is -2.38. The van der Waals surface area contributed by atoms with Crippen LogP contribution in [0.25, 0.3) is 0 Å². The largest absolute Gasteiger partial charge is 0.417 e. The molecule has 0 fully saturated rings. The molecule has 0 atom stereocenters. The van der Waals surface area contributed by atoms with Crippen LogP contribution in [0.15, 0.2) is 101 Å². The number of carbonyl (C=O) groups excluding carboxylic acids is 1. The van der Waals surface area contributed by atoms with E-state index in [9.17, 15) is 39.2 Å². The maximum atomic E-state index is 13.5. The second-order valence-electron chi connectivity index (χ2n) is 9.17. The molecule has 0 aliphatic carbocycles. The van der Waals surface area contributed by atoms with E-state index in [1.54, 1.807) is 19.1 Å². The van der Waals surface area contributed by atoms with Crippen molar-refractivity contribution >= 4 is 54.6 Å². The molecule has 1 amide bonds. The number of carbonyl (C=O) groups is 1. The van der Waals surface area contributed by atoms with Gasteiger partial charge in [-0.1, -0.05) is 29.3 Å². The third kappa shape index (κ3) is 7.63. The van der Waals surface area contributed by atoms with Crippen molar-refractivity contribution in [1.29, 1.82) is 0 Å². The van der Waals surface area contributed by atoms with Gasteiger partial charge in [-0.05, 0) is 85.8 Å². The fourth-order valence-corrected chi connectivity index (χ4v) is 6.52. The highest BCUT2D eigenvalue weighted by molar-refractivity contribution is 7.93. The molecule has 0 bridgehead atoms. The molecule has 0 heterocycles. The van der Waals surface area contributed by atoms with Gasteiger partial charge >= 0.3 is 6.18 Å². The minimum atomic E-state index is -4.80. The van der Waals surface area contributed by atoms with E-state index in [4.69, 9.17) is 11.6 Å². The molecule has 0 aliphatic rings. The molecule has 2 N–H and O–H groups in total. The quantitative estimate of drug-likeness (QED) is 0.202. The summed E-state index contributed by atoms with van der Waals surface area (Å²) in [7, 11) is -8.59. The number of rotatable bonds is 9. The summed E-state index contributed by atoms with van der Waals surface area (Å²) in [6.45, 7) is 1.07. The van der Waals surface area contributed by atoms with Gasteiger partial charge in [0.1, 0.15) is 12.4 Å².